The standard InChI is InChI=1S/C14H20N2O3S/c1-2-19-13(17)7-8-15-14(18)16-9-3-5-11(16)12-6-4-10-20-12/h4,6,10-11H,2-3,5,7-9H2,1H3,(H,15,18). The Morgan fingerprint density at radius 3 is 3.10 bits per heavy atom. The van der Waals surface area contributed by atoms with Gasteiger partial charge in [0, 0.05) is 18.0 Å². The van der Waals surface area contributed by atoms with E-state index >= 15 is 0 Å². The molecule has 1 aliphatic heterocycles. The summed E-state index contributed by atoms with van der Waals surface area (Å²) in [5.41, 5.74) is 0. The summed E-state index contributed by atoms with van der Waals surface area (Å²) in [6, 6.07) is 4.16. The van der Waals surface area contributed by atoms with Gasteiger partial charge in [-0.3, -0.25) is 4.79 Å². The topological polar surface area (TPSA) is 58.6 Å². The fourth-order valence-corrected chi connectivity index (χ4v) is 3.27. The molecule has 110 valence electrons. The van der Waals surface area contributed by atoms with Crippen LogP contribution in [0.3, 0.4) is 0 Å². The van der Waals surface area contributed by atoms with E-state index in [-0.39, 0.29) is 24.5 Å². The molecule has 20 heavy (non-hydrogen) atoms. The van der Waals surface area contributed by atoms with E-state index in [1.165, 1.54) is 4.88 Å². The molecule has 0 aliphatic carbocycles. The van der Waals surface area contributed by atoms with Crippen molar-refractivity contribution in [2.24, 2.45) is 0 Å². The highest BCUT2D eigenvalue weighted by Gasteiger charge is 2.30. The maximum atomic E-state index is 12.2. The van der Waals surface area contributed by atoms with Gasteiger partial charge in [-0.25, -0.2) is 4.79 Å². The molecule has 0 saturated carbocycles. The Morgan fingerprint density at radius 2 is 2.40 bits per heavy atom. The van der Waals surface area contributed by atoms with E-state index in [4.69, 9.17) is 4.74 Å². The maximum absolute atomic E-state index is 12.2. The lowest BCUT2D eigenvalue weighted by Crippen LogP contribution is -2.40. The molecule has 1 N–H and O–H groups in total. The van der Waals surface area contributed by atoms with Gasteiger partial charge in [0.2, 0.25) is 0 Å². The first-order valence-corrected chi connectivity index (χ1v) is 7.84. The number of nitrogens with one attached hydrogen (secondary N) is 1. The van der Waals surface area contributed by atoms with Crippen molar-refractivity contribution in [1.82, 2.24) is 10.2 Å². The Kier molecular flexibility index (Phi) is 5.40. The van der Waals surface area contributed by atoms with Crippen LogP contribution in [0.4, 0.5) is 4.79 Å². The van der Waals surface area contributed by atoms with Crippen LogP contribution in [0.1, 0.15) is 37.1 Å². The third-order valence-corrected chi connectivity index (χ3v) is 4.27. The van der Waals surface area contributed by atoms with Crippen molar-refractivity contribution >= 4 is 23.3 Å². The Hall–Kier alpha value is -1.56. The molecule has 1 aromatic rings. The predicted octanol–water partition coefficient (Wildman–Crippen LogP) is 2.55. The van der Waals surface area contributed by atoms with E-state index in [0.717, 1.165) is 19.4 Å². The van der Waals surface area contributed by atoms with Gasteiger partial charge in [-0.2, -0.15) is 0 Å². The largest absolute Gasteiger partial charge is 0.466 e. The molecule has 1 fully saturated rings. The molecule has 0 spiro atoms. The summed E-state index contributed by atoms with van der Waals surface area (Å²) in [6.07, 6.45) is 2.25. The van der Waals surface area contributed by atoms with Crippen LogP contribution < -0.4 is 5.32 Å². The highest BCUT2D eigenvalue weighted by Crippen LogP contribution is 2.34. The van der Waals surface area contributed by atoms with Crippen LogP contribution >= 0.6 is 11.3 Å². The summed E-state index contributed by atoms with van der Waals surface area (Å²) < 4.78 is 4.83. The number of ether oxygens (including phenoxy) is 1. The zero-order chi connectivity index (χ0) is 14.4. The SMILES string of the molecule is CCOC(=O)CCNC(=O)N1CCCC1c1cccs1. The Balaban J connectivity index is 1.81. The van der Waals surface area contributed by atoms with Gasteiger partial charge in [-0.1, -0.05) is 6.07 Å². The second kappa shape index (κ2) is 7.28. The number of amides is 2. The van der Waals surface area contributed by atoms with Gasteiger partial charge in [-0.15, -0.1) is 11.3 Å². The summed E-state index contributed by atoms with van der Waals surface area (Å²) in [6.45, 7) is 3.24. The molecule has 1 aromatic heterocycles. The number of nitrogens with zero attached hydrogens (tertiary/aromatic N) is 1. The minimum Gasteiger partial charge on any atom is -0.466 e. The number of carbonyl (C=O) groups excluding carboxylic acids is 2. The second-order valence-corrected chi connectivity index (χ2v) is 5.63. The molecule has 2 heterocycles. The van der Waals surface area contributed by atoms with Gasteiger partial charge in [0.15, 0.2) is 0 Å². The number of likely N-dealkylation sites (tertiary alicyclic amines) is 1. The molecule has 1 atom stereocenters. The van der Waals surface area contributed by atoms with Crippen LogP contribution in [0.5, 0.6) is 0 Å². The smallest absolute Gasteiger partial charge is 0.317 e. The molecule has 0 aromatic carbocycles. The minimum atomic E-state index is -0.274. The molecular weight excluding hydrogens is 276 g/mol. The molecule has 2 amide bonds. The molecule has 5 nitrogen and oxygen atoms in total. The Morgan fingerprint density at radius 1 is 1.55 bits per heavy atom. The van der Waals surface area contributed by atoms with E-state index < -0.39 is 0 Å². The number of hydrogen-bond acceptors (Lipinski definition) is 4. The molecule has 2 rings (SSSR count). The van der Waals surface area contributed by atoms with Gasteiger partial charge in [0.25, 0.3) is 0 Å². The number of esters is 1. The number of carbonyl (C=O) groups is 2. The average Bonchev–Trinajstić information content (AvgIpc) is 3.09. The van der Waals surface area contributed by atoms with Crippen molar-refractivity contribution in [2.45, 2.75) is 32.2 Å². The van der Waals surface area contributed by atoms with Crippen molar-refractivity contribution in [3.8, 4) is 0 Å². The summed E-state index contributed by atoms with van der Waals surface area (Å²) in [5.74, 6) is -0.274. The third-order valence-electron chi connectivity index (χ3n) is 3.30. The van der Waals surface area contributed by atoms with Crippen LogP contribution in [-0.2, 0) is 9.53 Å². The van der Waals surface area contributed by atoms with E-state index in [9.17, 15) is 9.59 Å². The quantitative estimate of drug-likeness (QED) is 0.850. The van der Waals surface area contributed by atoms with Crippen LogP contribution in [0.25, 0.3) is 0 Å². The molecule has 1 aliphatic rings. The molecular formula is C14H20N2O3S. The van der Waals surface area contributed by atoms with Gasteiger partial charge in [-0.05, 0) is 31.2 Å². The number of urea groups is 1. The predicted molar refractivity (Wildman–Crippen MR) is 77.6 cm³/mol. The van der Waals surface area contributed by atoms with Gasteiger partial charge in [0.05, 0.1) is 19.1 Å². The Bertz CT molecular complexity index is 447. The molecule has 0 bridgehead atoms. The van der Waals surface area contributed by atoms with E-state index in [1.807, 2.05) is 16.3 Å². The van der Waals surface area contributed by atoms with Crippen LogP contribution in [0.15, 0.2) is 17.5 Å². The fourth-order valence-electron chi connectivity index (χ4n) is 2.39. The first kappa shape index (κ1) is 14.8. The normalized spacial score (nSPS) is 18.1. The van der Waals surface area contributed by atoms with Crippen molar-refractivity contribution in [3.05, 3.63) is 22.4 Å². The zero-order valence-corrected chi connectivity index (χ0v) is 12.4. The highest BCUT2D eigenvalue weighted by atomic mass is 32.1. The summed E-state index contributed by atoms with van der Waals surface area (Å²) in [5, 5.41) is 4.83. The van der Waals surface area contributed by atoms with Crippen molar-refractivity contribution < 1.29 is 14.3 Å². The van der Waals surface area contributed by atoms with Crippen LogP contribution in [-0.4, -0.2) is 36.6 Å². The molecule has 0 radical (unpaired) electrons. The maximum Gasteiger partial charge on any atom is 0.317 e. The van der Waals surface area contributed by atoms with Crippen molar-refractivity contribution in [2.75, 3.05) is 19.7 Å². The monoisotopic (exact) mass is 296 g/mol. The number of rotatable bonds is 5. The third kappa shape index (κ3) is 3.72. The summed E-state index contributed by atoms with van der Waals surface area (Å²) in [7, 11) is 0. The van der Waals surface area contributed by atoms with E-state index in [2.05, 4.69) is 11.4 Å². The second-order valence-electron chi connectivity index (χ2n) is 4.65. The van der Waals surface area contributed by atoms with E-state index in [1.54, 1.807) is 18.3 Å². The van der Waals surface area contributed by atoms with Gasteiger partial charge in [0.1, 0.15) is 0 Å². The average molecular weight is 296 g/mol. The summed E-state index contributed by atoms with van der Waals surface area (Å²) in [4.78, 5) is 26.5. The molecule has 6 heteroatoms. The first-order chi connectivity index (χ1) is 9.72. The lowest BCUT2D eigenvalue weighted by Gasteiger charge is -2.24. The lowest BCUT2D eigenvalue weighted by atomic mass is 10.2. The van der Waals surface area contributed by atoms with E-state index in [0.29, 0.717) is 13.2 Å². The lowest BCUT2D eigenvalue weighted by molar-refractivity contribution is -0.142. The Labute approximate surface area is 122 Å². The fraction of sp³-hybridized carbons (Fsp3) is 0.571. The van der Waals surface area contributed by atoms with Gasteiger partial charge < -0.3 is 15.0 Å². The molecule has 1 unspecified atom stereocenters. The number of hydrogen-bond donors (Lipinski definition) is 1. The highest BCUT2D eigenvalue weighted by molar-refractivity contribution is 7.10. The van der Waals surface area contributed by atoms with Gasteiger partial charge >= 0.3 is 12.0 Å². The van der Waals surface area contributed by atoms with Crippen LogP contribution in [0, 0.1) is 0 Å². The summed E-state index contributed by atoms with van der Waals surface area (Å²) >= 11 is 1.68. The van der Waals surface area contributed by atoms with Crippen LogP contribution in [0.2, 0.25) is 0 Å². The first-order valence-electron chi connectivity index (χ1n) is 6.96. The minimum absolute atomic E-state index is 0.0924. The zero-order valence-electron chi connectivity index (χ0n) is 11.6. The number of thiophene rings is 1. The molecule has 1 saturated heterocycles. The van der Waals surface area contributed by atoms with Crippen molar-refractivity contribution in [3.63, 3.8) is 0 Å². The van der Waals surface area contributed by atoms with Crippen molar-refractivity contribution in [1.29, 1.82) is 0 Å².